The van der Waals surface area contributed by atoms with Crippen LogP contribution in [0.3, 0.4) is 0 Å². The molecule has 8 heteroatoms. The molecule has 2 aliphatic heterocycles. The summed E-state index contributed by atoms with van der Waals surface area (Å²) in [7, 11) is 3.28. The summed E-state index contributed by atoms with van der Waals surface area (Å²) in [5.74, 6) is -0.667. The van der Waals surface area contributed by atoms with E-state index < -0.39 is 0 Å². The molecule has 1 fully saturated rings. The van der Waals surface area contributed by atoms with Crippen molar-refractivity contribution in [1.82, 2.24) is 25.6 Å². The predicted molar refractivity (Wildman–Crippen MR) is 135 cm³/mol. The Bertz CT molecular complexity index is 866. The fourth-order valence-electron chi connectivity index (χ4n) is 4.05. The maximum atomic E-state index is 13.2. The number of hydrazine groups is 1. The molecule has 3 rings (SSSR count). The topological polar surface area (TPSA) is 85.0 Å². The van der Waals surface area contributed by atoms with Crippen LogP contribution in [-0.2, 0) is 14.4 Å². The van der Waals surface area contributed by atoms with Crippen LogP contribution in [0.15, 0.2) is 36.0 Å². The van der Waals surface area contributed by atoms with Gasteiger partial charge in [0, 0.05) is 20.6 Å². The molecule has 34 heavy (non-hydrogen) atoms. The molecule has 1 saturated heterocycles. The van der Waals surface area contributed by atoms with E-state index in [4.69, 9.17) is 0 Å². The third-order valence-corrected chi connectivity index (χ3v) is 6.01. The molecule has 0 saturated carbocycles. The van der Waals surface area contributed by atoms with Crippen molar-refractivity contribution in [2.45, 2.75) is 65.5 Å². The van der Waals surface area contributed by atoms with Gasteiger partial charge in [-0.15, -0.1) is 0 Å². The lowest BCUT2D eigenvalue weighted by atomic mass is 10.0. The number of unbranched alkanes of at least 4 members (excludes halogenated alkanes) is 2. The number of fused-ring (bicyclic) bond motifs is 1. The monoisotopic (exact) mass is 471 g/mol. The summed E-state index contributed by atoms with van der Waals surface area (Å²) in [6.07, 6.45) is 6.21. The molecular formula is C26H41N5O3. The number of hydrogen-bond donors (Lipinski definition) is 2. The standard InChI is InChI=1S/C24H35N5O3.C2H6/c1-5-6-7-8-19-15-28(16-22(30)25-14-23(31)27(3)4)24(32)21-13-20(26-29(19)21)18-11-9-17(2)10-12-18;1-2/h9-13,19-20,26H,5-8,14-16H2,1-4H3,(H,25,30);1-2H3. The Morgan fingerprint density at radius 1 is 1.15 bits per heavy atom. The van der Waals surface area contributed by atoms with Gasteiger partial charge >= 0.3 is 0 Å². The number of benzene rings is 1. The van der Waals surface area contributed by atoms with Gasteiger partial charge in [0.15, 0.2) is 0 Å². The molecule has 2 atom stereocenters. The van der Waals surface area contributed by atoms with E-state index in [-0.39, 0.29) is 42.9 Å². The summed E-state index contributed by atoms with van der Waals surface area (Å²) in [4.78, 5) is 40.4. The van der Waals surface area contributed by atoms with E-state index in [1.807, 2.05) is 24.9 Å². The number of nitrogens with zero attached hydrogens (tertiary/aromatic N) is 3. The molecule has 2 unspecified atom stereocenters. The summed E-state index contributed by atoms with van der Waals surface area (Å²) in [5, 5.41) is 4.63. The van der Waals surface area contributed by atoms with Crippen LogP contribution >= 0.6 is 0 Å². The van der Waals surface area contributed by atoms with Crippen LogP contribution in [0.1, 0.15) is 63.6 Å². The van der Waals surface area contributed by atoms with E-state index >= 15 is 0 Å². The van der Waals surface area contributed by atoms with Crippen LogP contribution < -0.4 is 10.7 Å². The fraction of sp³-hybridized carbons (Fsp3) is 0.577. The maximum absolute atomic E-state index is 13.2. The van der Waals surface area contributed by atoms with Gasteiger partial charge in [-0.1, -0.05) is 69.9 Å². The minimum Gasteiger partial charge on any atom is -0.347 e. The van der Waals surface area contributed by atoms with Crippen LogP contribution in [0, 0.1) is 6.92 Å². The van der Waals surface area contributed by atoms with Gasteiger partial charge in [-0.25, -0.2) is 5.43 Å². The van der Waals surface area contributed by atoms with Gasteiger partial charge in [0.25, 0.3) is 5.91 Å². The molecule has 0 aliphatic carbocycles. The number of amides is 3. The third kappa shape index (κ3) is 7.06. The van der Waals surface area contributed by atoms with Crippen molar-refractivity contribution in [3.05, 3.63) is 47.2 Å². The highest BCUT2D eigenvalue weighted by molar-refractivity contribution is 5.97. The minimum absolute atomic E-state index is 0.0514. The van der Waals surface area contributed by atoms with Gasteiger partial charge in [-0.05, 0) is 25.0 Å². The molecule has 2 heterocycles. The fourth-order valence-corrected chi connectivity index (χ4v) is 4.05. The zero-order chi connectivity index (χ0) is 25.3. The van der Waals surface area contributed by atoms with Crippen LogP contribution in [0.2, 0.25) is 0 Å². The van der Waals surface area contributed by atoms with E-state index in [1.165, 1.54) is 10.5 Å². The second kappa shape index (κ2) is 13.1. The second-order valence-corrected chi connectivity index (χ2v) is 8.84. The first-order valence-electron chi connectivity index (χ1n) is 12.4. The molecule has 188 valence electrons. The molecule has 3 amide bonds. The van der Waals surface area contributed by atoms with Crippen molar-refractivity contribution in [3.63, 3.8) is 0 Å². The average Bonchev–Trinajstić information content (AvgIpc) is 3.28. The smallest absolute Gasteiger partial charge is 0.271 e. The molecule has 0 spiro atoms. The quantitative estimate of drug-likeness (QED) is 0.541. The Balaban J connectivity index is 0.00000199. The number of nitrogens with one attached hydrogen (secondary N) is 2. The van der Waals surface area contributed by atoms with Crippen molar-refractivity contribution in [3.8, 4) is 0 Å². The van der Waals surface area contributed by atoms with Crippen molar-refractivity contribution in [1.29, 1.82) is 0 Å². The van der Waals surface area contributed by atoms with Crippen LogP contribution in [-0.4, -0.2) is 72.3 Å². The number of carbonyl (C=O) groups is 3. The Kier molecular flexibility index (Phi) is 10.6. The second-order valence-electron chi connectivity index (χ2n) is 8.84. The Morgan fingerprint density at radius 3 is 2.44 bits per heavy atom. The van der Waals surface area contributed by atoms with Gasteiger partial charge < -0.3 is 15.1 Å². The zero-order valence-corrected chi connectivity index (χ0v) is 21.6. The van der Waals surface area contributed by atoms with E-state index in [0.29, 0.717) is 12.2 Å². The number of aryl methyl sites for hydroxylation is 1. The summed E-state index contributed by atoms with van der Waals surface area (Å²) in [6.45, 7) is 8.57. The largest absolute Gasteiger partial charge is 0.347 e. The normalized spacial score (nSPS) is 19.1. The molecule has 2 N–H and O–H groups in total. The lowest BCUT2D eigenvalue weighted by Gasteiger charge is -2.41. The predicted octanol–water partition coefficient (Wildman–Crippen LogP) is 2.76. The van der Waals surface area contributed by atoms with Gasteiger partial charge in [-0.3, -0.25) is 19.4 Å². The van der Waals surface area contributed by atoms with Crippen molar-refractivity contribution in [2.24, 2.45) is 0 Å². The van der Waals surface area contributed by atoms with Crippen molar-refractivity contribution in [2.75, 3.05) is 33.7 Å². The molecule has 0 bridgehead atoms. The van der Waals surface area contributed by atoms with Crippen LogP contribution in [0.25, 0.3) is 0 Å². The summed E-state index contributed by atoms with van der Waals surface area (Å²) in [6, 6.07) is 8.31. The summed E-state index contributed by atoms with van der Waals surface area (Å²) < 4.78 is 0. The van der Waals surface area contributed by atoms with Crippen molar-refractivity contribution >= 4 is 17.7 Å². The van der Waals surface area contributed by atoms with Gasteiger partial charge in [0.2, 0.25) is 11.8 Å². The zero-order valence-electron chi connectivity index (χ0n) is 21.6. The molecule has 0 aromatic heterocycles. The first-order valence-corrected chi connectivity index (χ1v) is 12.4. The van der Waals surface area contributed by atoms with Gasteiger partial charge in [-0.2, -0.15) is 0 Å². The van der Waals surface area contributed by atoms with Crippen LogP contribution in [0.5, 0.6) is 0 Å². The van der Waals surface area contributed by atoms with E-state index in [1.54, 1.807) is 19.0 Å². The number of hydrogen-bond acceptors (Lipinski definition) is 5. The van der Waals surface area contributed by atoms with Crippen LogP contribution in [0.4, 0.5) is 0 Å². The first kappa shape index (κ1) is 27.4. The molecule has 8 nitrogen and oxygen atoms in total. The van der Waals surface area contributed by atoms with Gasteiger partial charge in [0.05, 0.1) is 25.2 Å². The Hall–Kier alpha value is -2.87. The molecule has 2 aliphatic rings. The molecular weight excluding hydrogens is 430 g/mol. The van der Waals surface area contributed by atoms with Gasteiger partial charge in [0.1, 0.15) is 5.70 Å². The number of piperazine rings is 1. The first-order chi connectivity index (χ1) is 16.3. The highest BCUT2D eigenvalue weighted by atomic mass is 16.2. The van der Waals surface area contributed by atoms with E-state index in [2.05, 4.69) is 48.9 Å². The molecule has 1 aromatic rings. The highest BCUT2D eigenvalue weighted by Gasteiger charge is 2.41. The lowest BCUT2D eigenvalue weighted by Crippen LogP contribution is -2.58. The van der Waals surface area contributed by atoms with Crippen molar-refractivity contribution < 1.29 is 14.4 Å². The average molecular weight is 472 g/mol. The summed E-state index contributed by atoms with van der Waals surface area (Å²) >= 11 is 0. The lowest BCUT2D eigenvalue weighted by molar-refractivity contribution is -0.139. The Morgan fingerprint density at radius 2 is 1.82 bits per heavy atom. The highest BCUT2D eigenvalue weighted by Crippen LogP contribution is 2.32. The molecule has 1 aromatic carbocycles. The summed E-state index contributed by atoms with van der Waals surface area (Å²) in [5.41, 5.74) is 6.39. The minimum atomic E-state index is -0.323. The number of rotatable bonds is 9. The van der Waals surface area contributed by atoms with E-state index in [9.17, 15) is 14.4 Å². The Labute approximate surface area is 204 Å². The third-order valence-electron chi connectivity index (χ3n) is 6.01. The number of carbonyl (C=O) groups excluding carboxylic acids is 3. The maximum Gasteiger partial charge on any atom is 0.271 e. The SMILES string of the molecule is CC.CCCCCC1CN(CC(=O)NCC(=O)N(C)C)C(=O)C2=CC(c3ccc(C)cc3)NN21. The molecule has 0 radical (unpaired) electrons. The van der Waals surface area contributed by atoms with E-state index in [0.717, 1.165) is 31.2 Å². The number of likely N-dealkylation sites (N-methyl/N-ethyl adjacent to an activating group) is 1.